The van der Waals surface area contributed by atoms with E-state index in [0.717, 1.165) is 5.69 Å². The molecule has 1 aromatic heterocycles. The fraction of sp³-hybridized carbons (Fsp3) is 0.320. The minimum atomic E-state index is 1.02. The maximum absolute atomic E-state index is 4.46. The predicted octanol–water partition coefficient (Wildman–Crippen LogP) is 7.32. The molecule has 134 valence electrons. The number of rotatable bonds is 9. The SMILES string of the molecule is CCCCCCCCc1ccc(-c2cccc(-c3ccccn3)c2)cc1. The van der Waals surface area contributed by atoms with Crippen LogP contribution in [0.25, 0.3) is 22.4 Å². The van der Waals surface area contributed by atoms with E-state index in [4.69, 9.17) is 0 Å². The van der Waals surface area contributed by atoms with Crippen LogP contribution in [-0.2, 0) is 6.42 Å². The smallest absolute Gasteiger partial charge is 0.0702 e. The van der Waals surface area contributed by atoms with Crippen LogP contribution in [0.3, 0.4) is 0 Å². The largest absolute Gasteiger partial charge is 0.256 e. The molecule has 3 rings (SSSR count). The van der Waals surface area contributed by atoms with Crippen LogP contribution in [0.2, 0.25) is 0 Å². The number of pyridine rings is 1. The summed E-state index contributed by atoms with van der Waals surface area (Å²) in [7, 11) is 0. The maximum Gasteiger partial charge on any atom is 0.0702 e. The minimum Gasteiger partial charge on any atom is -0.256 e. The van der Waals surface area contributed by atoms with Crippen molar-refractivity contribution in [2.45, 2.75) is 51.9 Å². The number of benzene rings is 2. The predicted molar refractivity (Wildman–Crippen MR) is 112 cm³/mol. The Bertz CT molecular complexity index is 775. The van der Waals surface area contributed by atoms with Crippen LogP contribution in [0.4, 0.5) is 0 Å². The van der Waals surface area contributed by atoms with E-state index in [-0.39, 0.29) is 0 Å². The summed E-state index contributed by atoms with van der Waals surface area (Å²) in [5.74, 6) is 0. The molecule has 26 heavy (non-hydrogen) atoms. The van der Waals surface area contributed by atoms with Crippen molar-refractivity contribution in [1.82, 2.24) is 4.98 Å². The number of unbranched alkanes of at least 4 members (excludes halogenated alkanes) is 5. The molecule has 0 aliphatic heterocycles. The first-order chi connectivity index (χ1) is 12.9. The Balaban J connectivity index is 1.60. The number of aromatic nitrogens is 1. The third-order valence-electron chi connectivity index (χ3n) is 4.93. The molecule has 0 bridgehead atoms. The van der Waals surface area contributed by atoms with E-state index < -0.39 is 0 Å². The number of hydrogen-bond donors (Lipinski definition) is 0. The van der Waals surface area contributed by atoms with Gasteiger partial charge in [0.2, 0.25) is 0 Å². The summed E-state index contributed by atoms with van der Waals surface area (Å²) in [6, 6.07) is 23.8. The van der Waals surface area contributed by atoms with Gasteiger partial charge in [0.1, 0.15) is 0 Å². The standard InChI is InChI=1S/C25H29N/c1-2-3-4-5-6-7-11-21-15-17-22(18-16-21)23-12-10-13-24(20-23)25-14-8-9-19-26-25/h8-10,12-20H,2-7,11H2,1H3. The average Bonchev–Trinajstić information content (AvgIpc) is 2.72. The van der Waals surface area contributed by atoms with E-state index in [1.807, 2.05) is 18.3 Å². The first-order valence-corrected chi connectivity index (χ1v) is 9.97. The van der Waals surface area contributed by atoms with Crippen LogP contribution in [-0.4, -0.2) is 4.98 Å². The van der Waals surface area contributed by atoms with Gasteiger partial charge in [0, 0.05) is 11.8 Å². The van der Waals surface area contributed by atoms with Gasteiger partial charge in [0.05, 0.1) is 5.69 Å². The Kier molecular flexibility index (Phi) is 7.01. The van der Waals surface area contributed by atoms with Gasteiger partial charge in [-0.2, -0.15) is 0 Å². The highest BCUT2D eigenvalue weighted by molar-refractivity contribution is 5.71. The van der Waals surface area contributed by atoms with Crippen LogP contribution in [0.15, 0.2) is 72.9 Å². The van der Waals surface area contributed by atoms with Crippen LogP contribution in [0.1, 0.15) is 51.0 Å². The Hall–Kier alpha value is -2.41. The number of aryl methyl sites for hydroxylation is 1. The first-order valence-electron chi connectivity index (χ1n) is 9.97. The van der Waals surface area contributed by atoms with Gasteiger partial charge in [-0.3, -0.25) is 4.98 Å². The average molecular weight is 344 g/mol. The quantitative estimate of drug-likeness (QED) is 0.371. The number of nitrogens with zero attached hydrogens (tertiary/aromatic N) is 1. The van der Waals surface area contributed by atoms with Crippen LogP contribution >= 0.6 is 0 Å². The maximum atomic E-state index is 4.46. The lowest BCUT2D eigenvalue weighted by Gasteiger charge is -2.07. The van der Waals surface area contributed by atoms with E-state index in [1.165, 1.54) is 67.2 Å². The van der Waals surface area contributed by atoms with Gasteiger partial charge >= 0.3 is 0 Å². The molecule has 2 aromatic carbocycles. The van der Waals surface area contributed by atoms with Crippen molar-refractivity contribution in [2.24, 2.45) is 0 Å². The van der Waals surface area contributed by atoms with Crippen molar-refractivity contribution in [3.8, 4) is 22.4 Å². The topological polar surface area (TPSA) is 12.9 Å². The number of hydrogen-bond acceptors (Lipinski definition) is 1. The molecule has 0 aliphatic carbocycles. The zero-order valence-electron chi connectivity index (χ0n) is 15.8. The second-order valence-electron chi connectivity index (χ2n) is 7.01. The molecule has 1 nitrogen and oxygen atoms in total. The molecule has 3 aromatic rings. The van der Waals surface area contributed by atoms with Crippen molar-refractivity contribution in [3.63, 3.8) is 0 Å². The summed E-state index contributed by atoms with van der Waals surface area (Å²) in [4.78, 5) is 4.46. The fourth-order valence-corrected chi connectivity index (χ4v) is 3.36. The highest BCUT2D eigenvalue weighted by Crippen LogP contribution is 2.25. The minimum absolute atomic E-state index is 1.02. The molecule has 0 amide bonds. The van der Waals surface area contributed by atoms with E-state index in [1.54, 1.807) is 0 Å². The normalized spacial score (nSPS) is 10.8. The molecule has 0 atom stereocenters. The summed E-state index contributed by atoms with van der Waals surface area (Å²) in [5, 5.41) is 0. The Morgan fingerprint density at radius 1 is 0.654 bits per heavy atom. The van der Waals surface area contributed by atoms with E-state index in [0.29, 0.717) is 0 Å². The highest BCUT2D eigenvalue weighted by atomic mass is 14.7. The van der Waals surface area contributed by atoms with Gasteiger partial charge in [-0.05, 0) is 47.7 Å². The summed E-state index contributed by atoms with van der Waals surface area (Å²) < 4.78 is 0. The van der Waals surface area contributed by atoms with E-state index in [9.17, 15) is 0 Å². The lowest BCUT2D eigenvalue weighted by atomic mass is 9.99. The Morgan fingerprint density at radius 2 is 1.42 bits per heavy atom. The highest BCUT2D eigenvalue weighted by Gasteiger charge is 2.03. The van der Waals surface area contributed by atoms with Crippen molar-refractivity contribution < 1.29 is 0 Å². The monoisotopic (exact) mass is 343 g/mol. The van der Waals surface area contributed by atoms with Gasteiger partial charge in [0.15, 0.2) is 0 Å². The van der Waals surface area contributed by atoms with Gasteiger partial charge in [-0.25, -0.2) is 0 Å². The first kappa shape index (κ1) is 18.4. The second-order valence-corrected chi connectivity index (χ2v) is 7.01. The zero-order chi connectivity index (χ0) is 18.0. The van der Waals surface area contributed by atoms with Crippen molar-refractivity contribution in [1.29, 1.82) is 0 Å². The summed E-state index contributed by atoms with van der Waals surface area (Å²) >= 11 is 0. The Labute approximate surface area is 158 Å². The molecule has 0 saturated heterocycles. The molecular formula is C25H29N. The molecule has 0 radical (unpaired) electrons. The molecule has 0 saturated carbocycles. The van der Waals surface area contributed by atoms with E-state index >= 15 is 0 Å². The molecule has 0 unspecified atom stereocenters. The van der Waals surface area contributed by atoms with E-state index in [2.05, 4.69) is 66.5 Å². The third-order valence-corrected chi connectivity index (χ3v) is 4.93. The van der Waals surface area contributed by atoms with Crippen LogP contribution < -0.4 is 0 Å². The molecule has 0 fully saturated rings. The summed E-state index contributed by atoms with van der Waals surface area (Å²) in [6.45, 7) is 2.27. The van der Waals surface area contributed by atoms with Gasteiger partial charge < -0.3 is 0 Å². The molecular weight excluding hydrogens is 314 g/mol. The van der Waals surface area contributed by atoms with Gasteiger partial charge in [-0.1, -0.05) is 87.6 Å². The molecule has 0 aliphatic rings. The zero-order valence-corrected chi connectivity index (χ0v) is 15.8. The van der Waals surface area contributed by atoms with Gasteiger partial charge in [-0.15, -0.1) is 0 Å². The fourth-order valence-electron chi connectivity index (χ4n) is 3.36. The van der Waals surface area contributed by atoms with Crippen molar-refractivity contribution in [2.75, 3.05) is 0 Å². The van der Waals surface area contributed by atoms with Crippen molar-refractivity contribution >= 4 is 0 Å². The lowest BCUT2D eigenvalue weighted by molar-refractivity contribution is 0.607. The van der Waals surface area contributed by atoms with Crippen LogP contribution in [0, 0.1) is 0 Å². The van der Waals surface area contributed by atoms with Crippen molar-refractivity contribution in [3.05, 3.63) is 78.5 Å². The lowest BCUT2D eigenvalue weighted by Crippen LogP contribution is -1.87. The molecule has 1 heterocycles. The Morgan fingerprint density at radius 3 is 2.19 bits per heavy atom. The second kappa shape index (κ2) is 9.91. The summed E-state index contributed by atoms with van der Waals surface area (Å²) in [5.41, 5.74) is 6.16. The van der Waals surface area contributed by atoms with Crippen LogP contribution in [0.5, 0.6) is 0 Å². The third kappa shape index (κ3) is 5.29. The molecule has 0 N–H and O–H groups in total. The molecule has 1 heteroatoms. The summed E-state index contributed by atoms with van der Waals surface area (Å²) in [6.07, 6.45) is 11.2. The molecule has 0 spiro atoms. The van der Waals surface area contributed by atoms with Gasteiger partial charge in [0.25, 0.3) is 0 Å².